The Labute approximate surface area is 836 Å². The van der Waals surface area contributed by atoms with E-state index in [1.807, 2.05) is 45.0 Å². The molecule has 1 aliphatic carbocycles. The predicted molar refractivity (Wildman–Crippen MR) is 534 cm³/mol. The summed E-state index contributed by atoms with van der Waals surface area (Å²) in [5.74, 6) is -11.4. The highest BCUT2D eigenvalue weighted by Crippen LogP contribution is 2.45. The van der Waals surface area contributed by atoms with E-state index in [9.17, 15) is 91.1 Å². The topological polar surface area (TPSA) is 665 Å². The fourth-order valence-corrected chi connectivity index (χ4v) is 20.1. The number of nitrogens with one attached hydrogen (secondary N) is 19. The number of nitrogens with two attached hydrogens (primary N) is 2. The van der Waals surface area contributed by atoms with Crippen molar-refractivity contribution in [3.05, 3.63) is 114 Å². The number of ether oxygens (including phenoxy) is 1. The monoisotopic (exact) mass is 2040 g/mol. The van der Waals surface area contributed by atoms with Gasteiger partial charge in [-0.3, -0.25) is 86.3 Å². The summed E-state index contributed by atoms with van der Waals surface area (Å²) >= 11 is 0. The first-order chi connectivity index (χ1) is 66.0. The molecule has 0 spiro atoms. The van der Waals surface area contributed by atoms with Gasteiger partial charge in [0.1, 0.15) is 97.2 Å². The van der Waals surface area contributed by atoms with Gasteiger partial charge in [0.15, 0.2) is 0 Å². The molecule has 8 rings (SSSR count). The number of hydrogen-bond donors (Lipinski definition) is 21. The van der Waals surface area contributed by atoms with E-state index in [-0.39, 0.29) is 72.3 Å². The molecular weight excluding hydrogens is 1900 g/mol. The number of rotatable bonds is 26. The number of aromatic nitrogens is 6. The molecule has 23 N–H and O–H groups in total. The standard InChI is InChI=1S/C28H48N8O6.2C24H38N8O6S2.C16H15NO2/c1-11-19(32-17(5)37)24(39)33-20(12-18-13-30-14-36(18)10)25(40)31-16(4)23(38)34-21(15(2)3)26(41)35-22(27(42)29-9)28(6,7)8;2*1-11(2)17-23(38)32-18(19(25)34)24(5,6)40-39-9-16(29-13(4)33)22(37)30-15(7-14-8-26-10-27-14)21(36)28-12(3)20(35)31-17;1-17-16(18)19-10-15-13-8-4-2-6-11(13)12-7-3-5-9-14(12)15/h13-16,19-22H,11-12H2,1-10H3,(H,29,42)(H,31,40)(H,32,37)(H,33,39)(H,34,38)(H,35,41);2*8,10-12,15-18H,7,9H2,1-6H3,(H2,25,34)(H,26,27)(H,28,36)(H,29,33)(H,30,37)(H,31,35)(H,32,38);2-9,15H,10H2,1H3,(H,17,18)/t16-,19-,20-,21-,22+;2*12-,15-,16-,17-,18+;/m000./s1. The summed E-state index contributed by atoms with van der Waals surface area (Å²) in [6.07, 6.45) is 9.02. The van der Waals surface area contributed by atoms with Crippen molar-refractivity contribution < 1.29 is 95.8 Å². The summed E-state index contributed by atoms with van der Waals surface area (Å²) in [6.45, 7) is 32.9. The third-order valence-electron chi connectivity index (χ3n) is 22.4. The number of nitrogens with zero attached hydrogens (tertiary/aromatic N) is 4. The van der Waals surface area contributed by atoms with Crippen LogP contribution in [0.5, 0.6) is 0 Å². The average Bonchev–Trinajstić information content (AvgIpc) is 1.61. The number of carbonyl (C=O) groups is 19. The Morgan fingerprint density at radius 3 is 1.31 bits per heavy atom. The molecular formula is C92H139N25O20S4. The fourth-order valence-electron chi connectivity index (χ4n) is 14.5. The predicted octanol–water partition coefficient (Wildman–Crippen LogP) is -0.0988. The van der Waals surface area contributed by atoms with Crippen LogP contribution >= 0.6 is 43.2 Å². The Morgan fingerprint density at radius 2 is 0.950 bits per heavy atom. The molecule has 49 heteroatoms. The second kappa shape index (κ2) is 55.4. The van der Waals surface area contributed by atoms with Crippen LogP contribution in [0.2, 0.25) is 0 Å². The molecule has 5 heterocycles. The van der Waals surface area contributed by atoms with Gasteiger partial charge >= 0.3 is 6.09 Å². The SMILES string of the molecule is CC(=O)N[C@H]1CSSC(C)(C)[C@@H](C(N)=O)NC(=O)[C@H](C(C)C)NC(=O)[C@H](C)NC(=O)[C@H](Cc2cnc[nH]2)NC1=O.CC(=O)N[C@H]1CSSC(C)(C)[C@@H](C(N)=O)NC(=O)[C@H](C(C)C)NC(=O)[C@H](C)NC(=O)[C@H](Cc2cnc[nH]2)NC1=O.CC[C@H](NC(C)=O)C(=O)N[C@@H](Cc1cncn1C)C(=O)N[C@@H](C)C(=O)N[C@H](C(=O)N[C@H](C(=O)NC)C(C)(C)C)C(C)C.CNC(=O)OCC1c2ccccc2-c2ccccc21. The third kappa shape index (κ3) is 37.0. The lowest BCUT2D eigenvalue weighted by molar-refractivity contribution is -0.136. The maximum absolute atomic E-state index is 13.3. The molecule has 0 bridgehead atoms. The van der Waals surface area contributed by atoms with Crippen LogP contribution in [-0.2, 0) is 117 Å². The van der Waals surface area contributed by atoms with Gasteiger partial charge in [-0.25, -0.2) is 19.7 Å². The normalized spacial score (nSPS) is 21.5. The molecule has 2 fully saturated rings. The van der Waals surface area contributed by atoms with Gasteiger partial charge in [-0.2, -0.15) is 0 Å². The van der Waals surface area contributed by atoms with Crippen LogP contribution in [0.15, 0.2) is 86.1 Å². The lowest BCUT2D eigenvalue weighted by Crippen LogP contribution is -2.61. The maximum atomic E-state index is 13.3. The minimum atomic E-state index is -1.13. The minimum absolute atomic E-state index is 0.0327. The zero-order valence-corrected chi connectivity index (χ0v) is 87.0. The summed E-state index contributed by atoms with van der Waals surface area (Å²) in [6, 6.07) is 0.952. The van der Waals surface area contributed by atoms with E-state index >= 15 is 0 Å². The smallest absolute Gasteiger partial charge is 0.406 e. The number of aryl methyl sites for hydroxylation is 1. The fraction of sp³-hybridized carbons (Fsp3) is 0.565. The number of carbonyl (C=O) groups excluding carboxylic acids is 19. The van der Waals surface area contributed by atoms with Gasteiger partial charge < -0.3 is 121 Å². The van der Waals surface area contributed by atoms with E-state index < -0.39 is 200 Å². The Bertz CT molecular complexity index is 4970. The number of benzene rings is 2. The highest BCUT2D eigenvalue weighted by Gasteiger charge is 2.44. The number of imidazole rings is 3. The highest BCUT2D eigenvalue weighted by atomic mass is 33.1. The van der Waals surface area contributed by atoms with E-state index in [0.717, 1.165) is 0 Å². The number of primary amides is 2. The van der Waals surface area contributed by atoms with Crippen LogP contribution < -0.4 is 102 Å². The number of H-pyrrole nitrogens is 2. The van der Waals surface area contributed by atoms with Crippen molar-refractivity contribution in [1.29, 1.82) is 0 Å². The maximum Gasteiger partial charge on any atom is 0.406 e. The Balaban J connectivity index is 0.000000340. The molecule has 776 valence electrons. The lowest BCUT2D eigenvalue weighted by Gasteiger charge is -2.33. The minimum Gasteiger partial charge on any atom is -0.449 e. The van der Waals surface area contributed by atoms with Crippen molar-refractivity contribution in [2.75, 3.05) is 32.2 Å². The number of aromatic amines is 2. The Hall–Kier alpha value is -12.8. The zero-order valence-electron chi connectivity index (χ0n) is 83.7. The highest BCUT2D eigenvalue weighted by molar-refractivity contribution is 8.77. The van der Waals surface area contributed by atoms with Gasteiger partial charge in [0.25, 0.3) is 0 Å². The third-order valence-corrected chi connectivity index (χ3v) is 29.0. The van der Waals surface area contributed by atoms with E-state index in [0.29, 0.717) is 30.1 Å². The van der Waals surface area contributed by atoms with Crippen LogP contribution in [0, 0.1) is 23.2 Å². The van der Waals surface area contributed by atoms with E-state index in [4.69, 9.17) is 16.2 Å². The summed E-state index contributed by atoms with van der Waals surface area (Å²) in [5, 5.41) is 44.5. The molecule has 5 aromatic rings. The second-order valence-corrected chi connectivity index (χ2v) is 43.1. The van der Waals surface area contributed by atoms with Gasteiger partial charge in [0.2, 0.25) is 106 Å². The quantitative estimate of drug-likeness (QED) is 0.0321. The van der Waals surface area contributed by atoms with Gasteiger partial charge in [0.05, 0.1) is 19.0 Å². The molecule has 19 amide bonds. The Morgan fingerprint density at radius 1 is 0.511 bits per heavy atom. The van der Waals surface area contributed by atoms with Crippen molar-refractivity contribution >= 4 is 156 Å². The number of fused-ring (bicyclic) bond motifs is 3. The van der Waals surface area contributed by atoms with Crippen molar-refractivity contribution in [2.24, 2.45) is 41.7 Å². The van der Waals surface area contributed by atoms with Crippen LogP contribution in [0.25, 0.3) is 11.1 Å². The first-order valence-corrected chi connectivity index (χ1v) is 50.4. The first-order valence-electron chi connectivity index (χ1n) is 45.8. The molecule has 3 aliphatic rings. The molecule has 2 aliphatic heterocycles. The zero-order chi connectivity index (χ0) is 106. The van der Waals surface area contributed by atoms with Gasteiger partial charge in [-0.15, -0.1) is 0 Å². The number of alkyl carbamates (subject to hydrolysis) is 1. The molecule has 0 unspecified atom stereocenters. The lowest BCUT2D eigenvalue weighted by atomic mass is 9.85. The molecule has 3 aromatic heterocycles. The van der Waals surface area contributed by atoms with Crippen molar-refractivity contribution in [3.63, 3.8) is 0 Å². The van der Waals surface area contributed by atoms with E-state index in [1.54, 1.807) is 107 Å². The first kappa shape index (κ1) is 119. The largest absolute Gasteiger partial charge is 0.449 e. The average molecular weight is 2040 g/mol. The van der Waals surface area contributed by atoms with Gasteiger partial charge in [-0.1, -0.05) is 161 Å². The van der Waals surface area contributed by atoms with Crippen molar-refractivity contribution in [2.45, 2.75) is 270 Å². The van der Waals surface area contributed by atoms with Crippen LogP contribution in [0.3, 0.4) is 0 Å². The molecule has 45 nitrogen and oxygen atoms in total. The molecule has 15 atom stereocenters. The summed E-state index contributed by atoms with van der Waals surface area (Å²) in [5.41, 5.74) is 17.4. The van der Waals surface area contributed by atoms with Crippen LogP contribution in [-0.4, -0.2) is 274 Å². The van der Waals surface area contributed by atoms with E-state index in [2.05, 4.69) is 140 Å². The van der Waals surface area contributed by atoms with Crippen molar-refractivity contribution in [1.82, 2.24) is 120 Å². The number of likely N-dealkylation sites (N-methyl/N-ethyl adjacent to an activating group) is 1. The molecule has 0 saturated carbocycles. The van der Waals surface area contributed by atoms with Gasteiger partial charge in [0, 0.05) is 124 Å². The second-order valence-electron chi connectivity index (χ2n) is 37.1. The summed E-state index contributed by atoms with van der Waals surface area (Å²) in [7, 11) is 9.55. The number of amides is 19. The molecule has 141 heavy (non-hydrogen) atoms. The van der Waals surface area contributed by atoms with Crippen LogP contribution in [0.1, 0.15) is 179 Å². The summed E-state index contributed by atoms with van der Waals surface area (Å²) in [4.78, 5) is 259. The van der Waals surface area contributed by atoms with Crippen LogP contribution in [0.4, 0.5) is 4.79 Å². The molecule has 2 saturated heterocycles. The summed E-state index contributed by atoms with van der Waals surface area (Å²) < 4.78 is 5.04. The number of hydrogen-bond acceptors (Lipinski definition) is 27. The Kier molecular flexibility index (Phi) is 46.6. The van der Waals surface area contributed by atoms with E-state index in [1.165, 1.54) is 139 Å². The van der Waals surface area contributed by atoms with Gasteiger partial charge in [-0.05, 0) is 100 Å². The molecule has 2 aromatic carbocycles. The molecule has 0 radical (unpaired) electrons. The van der Waals surface area contributed by atoms with Crippen molar-refractivity contribution in [3.8, 4) is 11.1 Å².